The van der Waals surface area contributed by atoms with Gasteiger partial charge in [-0.1, -0.05) is 23.7 Å². The molecule has 0 atom stereocenters. The zero-order valence-corrected chi connectivity index (χ0v) is 14.7. The van der Waals surface area contributed by atoms with Crippen molar-refractivity contribution < 1.29 is 18.7 Å². The van der Waals surface area contributed by atoms with Crippen LogP contribution in [-0.4, -0.2) is 25.0 Å². The Morgan fingerprint density at radius 3 is 2.62 bits per heavy atom. The van der Waals surface area contributed by atoms with Crippen molar-refractivity contribution in [1.82, 2.24) is 5.32 Å². The Balaban J connectivity index is 1.75. The van der Waals surface area contributed by atoms with Gasteiger partial charge >= 0.3 is 0 Å². The highest BCUT2D eigenvalue weighted by Gasteiger charge is 2.09. The van der Waals surface area contributed by atoms with Crippen molar-refractivity contribution in [1.29, 1.82) is 0 Å². The highest BCUT2D eigenvalue weighted by atomic mass is 79.9. The Morgan fingerprint density at radius 2 is 1.92 bits per heavy atom. The van der Waals surface area contributed by atoms with Crippen molar-refractivity contribution in [2.45, 2.75) is 0 Å². The van der Waals surface area contributed by atoms with Gasteiger partial charge in [-0.15, -0.1) is 0 Å². The molecular weight excluding hydrogens is 403 g/mol. The summed E-state index contributed by atoms with van der Waals surface area (Å²) in [5, 5.41) is 4.98. The summed E-state index contributed by atoms with van der Waals surface area (Å²) in [6.07, 6.45) is 0. The first-order valence-electron chi connectivity index (χ1n) is 6.84. The van der Waals surface area contributed by atoms with Crippen molar-refractivity contribution in [2.75, 3.05) is 18.5 Å². The lowest BCUT2D eigenvalue weighted by molar-refractivity contribution is -0.125. The summed E-state index contributed by atoms with van der Waals surface area (Å²) in [5.74, 6) is -1.18. The highest BCUT2D eigenvalue weighted by molar-refractivity contribution is 9.10. The van der Waals surface area contributed by atoms with Crippen LogP contribution in [0.15, 0.2) is 46.9 Å². The number of carbonyl (C=O) groups excluding carboxylic acids is 2. The predicted octanol–water partition coefficient (Wildman–Crippen LogP) is 3.38. The van der Waals surface area contributed by atoms with E-state index in [9.17, 15) is 14.0 Å². The maximum Gasteiger partial charge on any atom is 0.258 e. The van der Waals surface area contributed by atoms with Crippen molar-refractivity contribution in [3.8, 4) is 5.75 Å². The van der Waals surface area contributed by atoms with Gasteiger partial charge in [-0.3, -0.25) is 9.59 Å². The third-order valence-corrected chi connectivity index (χ3v) is 3.84. The van der Waals surface area contributed by atoms with Crippen molar-refractivity contribution in [3.63, 3.8) is 0 Å². The Bertz CT molecular complexity index is 758. The van der Waals surface area contributed by atoms with Crippen LogP contribution in [0, 0.1) is 5.82 Å². The standard InChI is InChI=1S/C16H13BrClFN2O3/c17-11-3-1-2-4-14(11)21-15(22)8-20-16(23)9-24-10-5-6-13(19)12(18)7-10/h1-7H,8-9H2,(H,20,23)(H,21,22). The summed E-state index contributed by atoms with van der Waals surface area (Å²) < 4.78 is 18.9. The molecule has 24 heavy (non-hydrogen) atoms. The number of rotatable bonds is 6. The summed E-state index contributed by atoms with van der Waals surface area (Å²) in [4.78, 5) is 23.4. The summed E-state index contributed by atoms with van der Waals surface area (Å²) >= 11 is 8.92. The first kappa shape index (κ1) is 18.2. The van der Waals surface area contributed by atoms with Crippen molar-refractivity contribution >= 4 is 45.0 Å². The van der Waals surface area contributed by atoms with Gasteiger partial charge in [-0.2, -0.15) is 0 Å². The van der Waals surface area contributed by atoms with E-state index in [0.717, 1.165) is 10.5 Å². The van der Waals surface area contributed by atoms with Gasteiger partial charge in [-0.25, -0.2) is 4.39 Å². The second-order valence-corrected chi connectivity index (χ2v) is 5.93. The number of hydrogen-bond acceptors (Lipinski definition) is 3. The minimum absolute atomic E-state index is 0.0966. The second kappa shape index (κ2) is 8.65. The molecule has 2 N–H and O–H groups in total. The quantitative estimate of drug-likeness (QED) is 0.760. The van der Waals surface area contributed by atoms with Crippen LogP contribution in [0.2, 0.25) is 5.02 Å². The number of nitrogens with one attached hydrogen (secondary N) is 2. The van der Waals surface area contributed by atoms with Gasteiger partial charge < -0.3 is 15.4 Å². The number of hydrogen-bond donors (Lipinski definition) is 2. The van der Waals surface area contributed by atoms with Gasteiger partial charge in [0.15, 0.2) is 6.61 Å². The molecule has 0 fully saturated rings. The minimum Gasteiger partial charge on any atom is -0.484 e. The molecule has 0 saturated heterocycles. The van der Waals surface area contributed by atoms with Crippen molar-refractivity contribution in [2.24, 2.45) is 0 Å². The molecule has 0 radical (unpaired) electrons. The van der Waals surface area contributed by atoms with E-state index in [1.807, 2.05) is 6.07 Å². The number of anilines is 1. The smallest absolute Gasteiger partial charge is 0.258 e. The van der Waals surface area contributed by atoms with Gasteiger partial charge in [-0.05, 0) is 40.2 Å². The molecule has 8 heteroatoms. The first-order chi connectivity index (χ1) is 11.5. The number of benzene rings is 2. The van der Waals surface area contributed by atoms with Gasteiger partial charge in [0.25, 0.3) is 5.91 Å². The van der Waals surface area contributed by atoms with E-state index >= 15 is 0 Å². The topological polar surface area (TPSA) is 67.4 Å². The molecule has 0 spiro atoms. The number of carbonyl (C=O) groups is 2. The summed E-state index contributed by atoms with van der Waals surface area (Å²) in [5.41, 5.74) is 0.606. The Morgan fingerprint density at radius 1 is 1.17 bits per heavy atom. The fourth-order valence-electron chi connectivity index (χ4n) is 1.70. The van der Waals surface area contributed by atoms with Crippen molar-refractivity contribution in [3.05, 3.63) is 57.8 Å². The normalized spacial score (nSPS) is 10.1. The molecule has 0 aromatic heterocycles. The van der Waals surface area contributed by atoms with E-state index in [0.29, 0.717) is 5.69 Å². The monoisotopic (exact) mass is 414 g/mol. The van der Waals surface area contributed by atoms with Crippen LogP contribution in [0.3, 0.4) is 0 Å². The Kier molecular flexibility index (Phi) is 6.57. The van der Waals surface area contributed by atoms with Gasteiger partial charge in [0.2, 0.25) is 5.91 Å². The van der Waals surface area contributed by atoms with Gasteiger partial charge in [0, 0.05) is 10.5 Å². The molecule has 0 bridgehead atoms. The summed E-state index contributed by atoms with van der Waals surface area (Å²) in [7, 11) is 0. The molecule has 0 aliphatic carbocycles. The third kappa shape index (κ3) is 5.50. The number of halogens is 3. The Hall–Kier alpha value is -2.12. The third-order valence-electron chi connectivity index (χ3n) is 2.86. The van der Waals surface area contributed by atoms with Crippen LogP contribution in [-0.2, 0) is 9.59 Å². The zero-order chi connectivity index (χ0) is 17.5. The van der Waals surface area contributed by atoms with Crippen LogP contribution in [0.4, 0.5) is 10.1 Å². The number of ether oxygens (including phenoxy) is 1. The van der Waals surface area contributed by atoms with E-state index in [2.05, 4.69) is 26.6 Å². The van der Waals surface area contributed by atoms with Gasteiger partial charge in [0.1, 0.15) is 11.6 Å². The molecule has 2 amide bonds. The average Bonchev–Trinajstić information content (AvgIpc) is 2.56. The molecule has 2 aromatic rings. The molecule has 0 saturated carbocycles. The predicted molar refractivity (Wildman–Crippen MR) is 92.7 cm³/mol. The molecule has 2 rings (SSSR count). The molecule has 5 nitrogen and oxygen atoms in total. The maximum atomic E-state index is 13.0. The van der Waals surface area contributed by atoms with E-state index < -0.39 is 11.7 Å². The van der Waals surface area contributed by atoms with Crippen LogP contribution < -0.4 is 15.4 Å². The largest absolute Gasteiger partial charge is 0.484 e. The van der Waals surface area contributed by atoms with Crippen LogP contribution >= 0.6 is 27.5 Å². The van der Waals surface area contributed by atoms with Crippen LogP contribution in [0.5, 0.6) is 5.75 Å². The second-order valence-electron chi connectivity index (χ2n) is 4.67. The Labute approximate surface area is 151 Å². The lowest BCUT2D eigenvalue weighted by Gasteiger charge is -2.09. The molecular formula is C16H13BrClFN2O3. The number of amides is 2. The zero-order valence-electron chi connectivity index (χ0n) is 12.3. The summed E-state index contributed by atoms with van der Waals surface area (Å²) in [6.45, 7) is -0.516. The fourth-order valence-corrected chi connectivity index (χ4v) is 2.26. The van der Waals surface area contributed by atoms with E-state index in [-0.39, 0.29) is 29.8 Å². The fraction of sp³-hybridized carbons (Fsp3) is 0.125. The summed E-state index contributed by atoms with van der Waals surface area (Å²) in [6, 6.07) is 10.9. The molecule has 2 aromatic carbocycles. The lowest BCUT2D eigenvalue weighted by atomic mass is 10.3. The highest BCUT2D eigenvalue weighted by Crippen LogP contribution is 2.21. The number of para-hydroxylation sites is 1. The minimum atomic E-state index is -0.572. The maximum absolute atomic E-state index is 13.0. The average molecular weight is 416 g/mol. The molecule has 0 aliphatic rings. The van der Waals surface area contributed by atoms with Crippen LogP contribution in [0.25, 0.3) is 0 Å². The van der Waals surface area contributed by atoms with Gasteiger partial charge in [0.05, 0.1) is 17.3 Å². The lowest BCUT2D eigenvalue weighted by Crippen LogP contribution is -2.35. The molecule has 0 heterocycles. The first-order valence-corrected chi connectivity index (χ1v) is 8.02. The SMILES string of the molecule is O=C(COc1ccc(F)c(Cl)c1)NCC(=O)Nc1ccccc1Br. The van der Waals surface area contributed by atoms with E-state index in [1.54, 1.807) is 18.2 Å². The van der Waals surface area contributed by atoms with E-state index in [1.165, 1.54) is 12.1 Å². The molecule has 126 valence electrons. The molecule has 0 aliphatic heterocycles. The van der Waals surface area contributed by atoms with Crippen LogP contribution in [0.1, 0.15) is 0 Å². The van der Waals surface area contributed by atoms with E-state index in [4.69, 9.17) is 16.3 Å². The molecule has 0 unspecified atom stereocenters.